The SMILES string of the molecule is CC[C@H](C)[C@H](N)c1nc(Cc2ccc(Br)cc2)no1. The summed E-state index contributed by atoms with van der Waals surface area (Å²) in [5, 5.41) is 3.99. The summed E-state index contributed by atoms with van der Waals surface area (Å²) >= 11 is 3.41. The molecule has 0 saturated carbocycles. The van der Waals surface area contributed by atoms with Crippen molar-refractivity contribution >= 4 is 15.9 Å². The normalized spacial score (nSPS) is 14.3. The van der Waals surface area contributed by atoms with Gasteiger partial charge >= 0.3 is 0 Å². The highest BCUT2D eigenvalue weighted by molar-refractivity contribution is 9.10. The zero-order chi connectivity index (χ0) is 13.8. The van der Waals surface area contributed by atoms with Gasteiger partial charge in [0, 0.05) is 10.9 Å². The minimum atomic E-state index is -0.184. The summed E-state index contributed by atoms with van der Waals surface area (Å²) < 4.78 is 6.31. The molecule has 0 spiro atoms. The second-order valence-electron chi connectivity index (χ2n) is 4.76. The summed E-state index contributed by atoms with van der Waals surface area (Å²) in [6.07, 6.45) is 1.65. The van der Waals surface area contributed by atoms with Gasteiger partial charge in [-0.2, -0.15) is 4.98 Å². The molecule has 0 unspecified atom stereocenters. The minimum absolute atomic E-state index is 0.184. The van der Waals surface area contributed by atoms with E-state index in [4.69, 9.17) is 10.3 Å². The predicted molar refractivity (Wildman–Crippen MR) is 77.6 cm³/mol. The number of nitrogens with zero attached hydrogens (tertiary/aromatic N) is 2. The first-order chi connectivity index (χ1) is 9.10. The van der Waals surface area contributed by atoms with E-state index in [1.54, 1.807) is 0 Å². The molecule has 0 aliphatic carbocycles. The number of hydrogen-bond donors (Lipinski definition) is 1. The van der Waals surface area contributed by atoms with Gasteiger partial charge in [0.05, 0.1) is 6.04 Å². The lowest BCUT2D eigenvalue weighted by Crippen LogP contribution is -2.18. The number of benzene rings is 1. The molecule has 0 radical (unpaired) electrons. The molecule has 0 aliphatic heterocycles. The molecular weight excluding hydrogens is 306 g/mol. The van der Waals surface area contributed by atoms with Crippen molar-refractivity contribution in [3.8, 4) is 0 Å². The Balaban J connectivity index is 2.07. The van der Waals surface area contributed by atoms with Crippen LogP contribution in [-0.2, 0) is 6.42 Å². The maximum atomic E-state index is 6.07. The molecule has 1 aromatic carbocycles. The van der Waals surface area contributed by atoms with E-state index in [2.05, 4.69) is 39.9 Å². The zero-order valence-electron chi connectivity index (χ0n) is 11.1. The third-order valence-corrected chi connectivity index (χ3v) is 3.83. The van der Waals surface area contributed by atoms with E-state index in [-0.39, 0.29) is 6.04 Å². The monoisotopic (exact) mass is 323 g/mol. The van der Waals surface area contributed by atoms with Gasteiger partial charge in [-0.3, -0.25) is 0 Å². The molecule has 2 atom stereocenters. The average Bonchev–Trinajstić information content (AvgIpc) is 2.88. The molecule has 5 heteroatoms. The van der Waals surface area contributed by atoms with Crippen LogP contribution >= 0.6 is 15.9 Å². The van der Waals surface area contributed by atoms with Gasteiger partial charge in [0.1, 0.15) is 0 Å². The lowest BCUT2D eigenvalue weighted by atomic mass is 10.0. The third kappa shape index (κ3) is 3.64. The molecule has 0 bridgehead atoms. The summed E-state index contributed by atoms with van der Waals surface area (Å²) in [5.41, 5.74) is 7.22. The second kappa shape index (κ2) is 6.30. The average molecular weight is 324 g/mol. The highest BCUT2D eigenvalue weighted by Crippen LogP contribution is 2.20. The standard InChI is InChI=1S/C14H18BrN3O/c1-3-9(2)13(16)14-17-12(18-19-14)8-10-4-6-11(15)7-5-10/h4-7,9,13H,3,8,16H2,1-2H3/t9-,13-/m0/s1. The first-order valence-electron chi connectivity index (χ1n) is 6.42. The fraction of sp³-hybridized carbons (Fsp3) is 0.429. The van der Waals surface area contributed by atoms with Crippen LogP contribution < -0.4 is 5.73 Å². The number of halogens is 1. The van der Waals surface area contributed by atoms with Gasteiger partial charge < -0.3 is 10.3 Å². The maximum absolute atomic E-state index is 6.07. The van der Waals surface area contributed by atoms with Gasteiger partial charge in [-0.05, 0) is 23.6 Å². The molecule has 0 aliphatic rings. The number of aromatic nitrogens is 2. The summed E-state index contributed by atoms with van der Waals surface area (Å²) in [4.78, 5) is 4.38. The molecule has 102 valence electrons. The van der Waals surface area contributed by atoms with Crippen LogP contribution in [0.5, 0.6) is 0 Å². The van der Waals surface area contributed by atoms with E-state index in [0.29, 0.717) is 24.1 Å². The molecule has 4 nitrogen and oxygen atoms in total. The molecule has 0 saturated heterocycles. The maximum Gasteiger partial charge on any atom is 0.243 e. The van der Waals surface area contributed by atoms with Crippen molar-refractivity contribution in [3.05, 3.63) is 46.0 Å². The lowest BCUT2D eigenvalue weighted by Gasteiger charge is -2.12. The third-order valence-electron chi connectivity index (χ3n) is 3.30. The summed E-state index contributed by atoms with van der Waals surface area (Å²) in [6.45, 7) is 4.19. The Morgan fingerprint density at radius 3 is 2.63 bits per heavy atom. The van der Waals surface area contributed by atoms with Gasteiger partial charge in [-0.25, -0.2) is 0 Å². The van der Waals surface area contributed by atoms with E-state index in [9.17, 15) is 0 Å². The predicted octanol–water partition coefficient (Wildman–Crippen LogP) is 3.47. The zero-order valence-corrected chi connectivity index (χ0v) is 12.7. The Bertz CT molecular complexity index is 524. The van der Waals surface area contributed by atoms with E-state index < -0.39 is 0 Å². The number of nitrogens with two attached hydrogens (primary N) is 1. The summed E-state index contributed by atoms with van der Waals surface area (Å²) in [5.74, 6) is 1.54. The van der Waals surface area contributed by atoms with Gasteiger partial charge in [-0.15, -0.1) is 0 Å². The largest absolute Gasteiger partial charge is 0.338 e. The van der Waals surface area contributed by atoms with Crippen molar-refractivity contribution in [2.75, 3.05) is 0 Å². The molecule has 1 aromatic heterocycles. The molecule has 1 heterocycles. The fourth-order valence-electron chi connectivity index (χ4n) is 1.76. The van der Waals surface area contributed by atoms with Crippen molar-refractivity contribution in [3.63, 3.8) is 0 Å². The van der Waals surface area contributed by atoms with Crippen LogP contribution in [0.3, 0.4) is 0 Å². The van der Waals surface area contributed by atoms with E-state index in [0.717, 1.165) is 16.5 Å². The first-order valence-corrected chi connectivity index (χ1v) is 7.22. The molecule has 0 amide bonds. The van der Waals surface area contributed by atoms with Crippen LogP contribution in [0.25, 0.3) is 0 Å². The van der Waals surface area contributed by atoms with Gasteiger partial charge in [0.25, 0.3) is 0 Å². The van der Waals surface area contributed by atoms with Crippen LogP contribution in [0.15, 0.2) is 33.3 Å². The quantitative estimate of drug-likeness (QED) is 0.914. The van der Waals surface area contributed by atoms with E-state index >= 15 is 0 Å². The van der Waals surface area contributed by atoms with Crippen molar-refractivity contribution in [1.29, 1.82) is 0 Å². The Morgan fingerprint density at radius 2 is 2.00 bits per heavy atom. The Kier molecular flexibility index (Phi) is 4.71. The van der Waals surface area contributed by atoms with Crippen LogP contribution in [0, 0.1) is 5.92 Å². The topological polar surface area (TPSA) is 64.9 Å². The molecule has 2 N–H and O–H groups in total. The number of rotatable bonds is 5. The van der Waals surface area contributed by atoms with Gasteiger partial charge in [0.15, 0.2) is 5.82 Å². The molecular formula is C14H18BrN3O. The van der Waals surface area contributed by atoms with Crippen LogP contribution in [0.2, 0.25) is 0 Å². The van der Waals surface area contributed by atoms with Gasteiger partial charge in [-0.1, -0.05) is 53.5 Å². The van der Waals surface area contributed by atoms with Gasteiger partial charge in [0.2, 0.25) is 5.89 Å². The van der Waals surface area contributed by atoms with Crippen molar-refractivity contribution in [1.82, 2.24) is 10.1 Å². The van der Waals surface area contributed by atoms with Crippen molar-refractivity contribution in [2.24, 2.45) is 11.7 Å². The molecule has 2 rings (SSSR count). The Hall–Kier alpha value is -1.20. The fourth-order valence-corrected chi connectivity index (χ4v) is 2.02. The number of hydrogen-bond acceptors (Lipinski definition) is 4. The summed E-state index contributed by atoms with van der Waals surface area (Å²) in [7, 11) is 0. The summed E-state index contributed by atoms with van der Waals surface area (Å²) in [6, 6.07) is 7.89. The molecule has 19 heavy (non-hydrogen) atoms. The lowest BCUT2D eigenvalue weighted by molar-refractivity contribution is 0.310. The van der Waals surface area contributed by atoms with Crippen LogP contribution in [0.1, 0.15) is 43.6 Å². The Morgan fingerprint density at radius 1 is 1.32 bits per heavy atom. The smallest absolute Gasteiger partial charge is 0.243 e. The molecule has 0 fully saturated rings. The second-order valence-corrected chi connectivity index (χ2v) is 5.68. The minimum Gasteiger partial charge on any atom is -0.338 e. The molecule has 2 aromatic rings. The van der Waals surface area contributed by atoms with Crippen molar-refractivity contribution in [2.45, 2.75) is 32.7 Å². The highest BCUT2D eigenvalue weighted by Gasteiger charge is 2.19. The van der Waals surface area contributed by atoms with Crippen LogP contribution in [0.4, 0.5) is 0 Å². The van der Waals surface area contributed by atoms with E-state index in [1.165, 1.54) is 0 Å². The highest BCUT2D eigenvalue weighted by atomic mass is 79.9. The van der Waals surface area contributed by atoms with E-state index in [1.807, 2.05) is 24.3 Å². The first kappa shape index (κ1) is 14.2. The van der Waals surface area contributed by atoms with Crippen molar-refractivity contribution < 1.29 is 4.52 Å². The Labute approximate surface area is 121 Å². The van der Waals surface area contributed by atoms with Crippen LogP contribution in [-0.4, -0.2) is 10.1 Å².